The van der Waals surface area contributed by atoms with Crippen molar-refractivity contribution in [1.29, 1.82) is 0 Å². The maximum absolute atomic E-state index is 13.1. The number of carbonyl (C=O) groups is 2. The van der Waals surface area contributed by atoms with Crippen LogP contribution in [0.5, 0.6) is 0 Å². The summed E-state index contributed by atoms with van der Waals surface area (Å²) in [6.07, 6.45) is 0. The molecule has 0 fully saturated rings. The standard InChI is InChI=1S/C22H24N4O3/c1-25-20(15-7-9-16(10-8-15)21(23)28)17-11-26(12-19(17)24-25)22(29)18(13-27)14-5-3-2-4-6-14/h2-10,18,20,24,27H,11-13H2,1H3,(H2,23,28). The van der Waals surface area contributed by atoms with Gasteiger partial charge < -0.3 is 21.2 Å². The number of amides is 2. The summed E-state index contributed by atoms with van der Waals surface area (Å²) in [5.41, 5.74) is 13.1. The predicted octanol–water partition coefficient (Wildman–Crippen LogP) is 1.15. The first-order valence-electron chi connectivity index (χ1n) is 9.55. The second kappa shape index (κ2) is 7.69. The van der Waals surface area contributed by atoms with Crippen molar-refractivity contribution in [3.05, 3.63) is 82.6 Å². The molecular weight excluding hydrogens is 368 g/mol. The molecule has 4 rings (SSSR count). The van der Waals surface area contributed by atoms with Gasteiger partial charge in [-0.2, -0.15) is 0 Å². The molecule has 7 nitrogen and oxygen atoms in total. The molecule has 4 N–H and O–H groups in total. The Kier molecular flexibility index (Phi) is 5.08. The number of carbonyl (C=O) groups excluding carboxylic acids is 2. The van der Waals surface area contributed by atoms with Crippen molar-refractivity contribution in [3.63, 3.8) is 0 Å². The minimum absolute atomic E-state index is 0.0333. The third-order valence-corrected chi connectivity index (χ3v) is 5.63. The number of hydrogen-bond acceptors (Lipinski definition) is 5. The van der Waals surface area contributed by atoms with Crippen molar-refractivity contribution >= 4 is 11.8 Å². The van der Waals surface area contributed by atoms with E-state index in [2.05, 4.69) is 5.43 Å². The number of nitrogens with one attached hydrogen (secondary N) is 1. The second-order valence-electron chi connectivity index (χ2n) is 7.46. The van der Waals surface area contributed by atoms with E-state index in [1.165, 1.54) is 0 Å². The van der Waals surface area contributed by atoms with Crippen molar-refractivity contribution in [1.82, 2.24) is 15.3 Å². The van der Waals surface area contributed by atoms with Gasteiger partial charge in [-0.15, -0.1) is 0 Å². The molecule has 2 aromatic rings. The summed E-state index contributed by atoms with van der Waals surface area (Å²) in [6, 6.07) is 16.6. The molecule has 0 saturated heterocycles. The SMILES string of the molecule is CN1NC2=C(CN(C(=O)C(CO)c3ccccc3)C2)C1c1ccc(C(N)=O)cc1. The van der Waals surface area contributed by atoms with E-state index in [-0.39, 0.29) is 18.6 Å². The van der Waals surface area contributed by atoms with Crippen LogP contribution in [-0.2, 0) is 4.79 Å². The molecule has 0 aromatic heterocycles. The summed E-state index contributed by atoms with van der Waals surface area (Å²) in [6.45, 7) is 0.754. The van der Waals surface area contributed by atoms with Crippen LogP contribution in [0.4, 0.5) is 0 Å². The van der Waals surface area contributed by atoms with Crippen LogP contribution in [0.3, 0.4) is 0 Å². The average molecular weight is 392 g/mol. The topological polar surface area (TPSA) is 98.9 Å². The van der Waals surface area contributed by atoms with Crippen molar-refractivity contribution in [2.75, 3.05) is 26.7 Å². The lowest BCUT2D eigenvalue weighted by molar-refractivity contribution is -0.132. The molecule has 29 heavy (non-hydrogen) atoms. The highest BCUT2D eigenvalue weighted by molar-refractivity contribution is 5.92. The van der Waals surface area contributed by atoms with Crippen molar-refractivity contribution in [2.24, 2.45) is 5.73 Å². The maximum atomic E-state index is 13.1. The van der Waals surface area contributed by atoms with Gasteiger partial charge in [-0.1, -0.05) is 42.5 Å². The lowest BCUT2D eigenvalue weighted by Crippen LogP contribution is -2.41. The smallest absolute Gasteiger partial charge is 0.248 e. The van der Waals surface area contributed by atoms with Crippen LogP contribution in [0, 0.1) is 0 Å². The summed E-state index contributed by atoms with van der Waals surface area (Å²) in [5.74, 6) is -1.11. The Balaban J connectivity index is 1.53. The molecule has 2 aliphatic rings. The first-order chi connectivity index (χ1) is 14.0. The molecule has 2 heterocycles. The van der Waals surface area contributed by atoms with Crippen LogP contribution in [0.25, 0.3) is 0 Å². The Bertz CT molecular complexity index is 956. The molecule has 0 spiro atoms. The van der Waals surface area contributed by atoms with Crippen LogP contribution < -0.4 is 11.2 Å². The van der Waals surface area contributed by atoms with Gasteiger partial charge in [0.1, 0.15) is 0 Å². The first-order valence-corrected chi connectivity index (χ1v) is 9.55. The largest absolute Gasteiger partial charge is 0.395 e. The Hall–Kier alpha value is -3.16. The van der Waals surface area contributed by atoms with Crippen LogP contribution in [0.15, 0.2) is 65.9 Å². The zero-order valence-corrected chi connectivity index (χ0v) is 16.2. The summed E-state index contributed by atoms with van der Waals surface area (Å²) in [4.78, 5) is 26.2. The van der Waals surface area contributed by atoms with Crippen LogP contribution >= 0.6 is 0 Å². The van der Waals surface area contributed by atoms with E-state index in [0.717, 1.165) is 22.4 Å². The fraction of sp³-hybridized carbons (Fsp3) is 0.273. The fourth-order valence-electron chi connectivity index (χ4n) is 4.16. The number of rotatable bonds is 5. The summed E-state index contributed by atoms with van der Waals surface area (Å²) >= 11 is 0. The lowest BCUT2D eigenvalue weighted by atomic mass is 9.97. The van der Waals surface area contributed by atoms with Gasteiger partial charge in [0.15, 0.2) is 0 Å². The number of hydrazine groups is 1. The molecule has 0 radical (unpaired) electrons. The van der Waals surface area contributed by atoms with Gasteiger partial charge in [-0.3, -0.25) is 9.59 Å². The Morgan fingerprint density at radius 1 is 1.14 bits per heavy atom. The molecule has 2 atom stereocenters. The summed E-state index contributed by atoms with van der Waals surface area (Å²) in [5, 5.41) is 11.8. The number of hydrogen-bond donors (Lipinski definition) is 3. The Morgan fingerprint density at radius 3 is 2.45 bits per heavy atom. The van der Waals surface area contributed by atoms with Crippen LogP contribution in [0.1, 0.15) is 33.4 Å². The Morgan fingerprint density at radius 2 is 1.83 bits per heavy atom. The molecule has 150 valence electrons. The van der Waals surface area contributed by atoms with Gasteiger partial charge in [0, 0.05) is 24.9 Å². The second-order valence-corrected chi connectivity index (χ2v) is 7.46. The normalized spacial score (nSPS) is 19.8. The van der Waals surface area contributed by atoms with Gasteiger partial charge in [-0.25, -0.2) is 5.01 Å². The van der Waals surface area contributed by atoms with Gasteiger partial charge in [0.05, 0.1) is 25.1 Å². The third kappa shape index (κ3) is 3.50. The minimum Gasteiger partial charge on any atom is -0.395 e. The summed E-state index contributed by atoms with van der Waals surface area (Å²) in [7, 11) is 1.96. The van der Waals surface area contributed by atoms with E-state index < -0.39 is 11.8 Å². The van der Waals surface area contributed by atoms with E-state index >= 15 is 0 Å². The molecule has 2 aliphatic heterocycles. The molecule has 2 amide bonds. The maximum Gasteiger partial charge on any atom is 0.248 e. The molecule has 2 unspecified atom stereocenters. The number of primary amides is 1. The Labute approximate surface area is 169 Å². The number of aliphatic hydroxyl groups is 1. The van der Waals surface area contributed by atoms with Crippen molar-refractivity contribution in [2.45, 2.75) is 12.0 Å². The molecule has 0 aliphatic carbocycles. The van der Waals surface area contributed by atoms with Gasteiger partial charge >= 0.3 is 0 Å². The average Bonchev–Trinajstić information content (AvgIpc) is 3.26. The highest BCUT2D eigenvalue weighted by atomic mass is 16.3. The highest BCUT2D eigenvalue weighted by Crippen LogP contribution is 2.38. The quantitative estimate of drug-likeness (QED) is 0.709. The van der Waals surface area contributed by atoms with E-state index in [0.29, 0.717) is 18.7 Å². The fourth-order valence-corrected chi connectivity index (χ4v) is 4.16. The monoisotopic (exact) mass is 392 g/mol. The molecule has 2 aromatic carbocycles. The number of nitrogens with zero attached hydrogens (tertiary/aromatic N) is 2. The first kappa shape index (κ1) is 19.2. The number of nitrogens with two attached hydrogens (primary N) is 1. The predicted molar refractivity (Wildman–Crippen MR) is 108 cm³/mol. The number of benzene rings is 2. The zero-order valence-electron chi connectivity index (χ0n) is 16.2. The van der Waals surface area contributed by atoms with E-state index in [9.17, 15) is 14.7 Å². The molecule has 0 saturated carbocycles. The van der Waals surface area contributed by atoms with Gasteiger partial charge in [0.25, 0.3) is 0 Å². The van der Waals surface area contributed by atoms with Crippen molar-refractivity contribution < 1.29 is 14.7 Å². The molecular formula is C22H24N4O3. The van der Waals surface area contributed by atoms with Crippen LogP contribution in [-0.4, -0.2) is 53.6 Å². The van der Waals surface area contributed by atoms with Gasteiger partial charge in [0.2, 0.25) is 11.8 Å². The van der Waals surface area contributed by atoms with Crippen LogP contribution in [0.2, 0.25) is 0 Å². The van der Waals surface area contributed by atoms with E-state index in [1.54, 1.807) is 17.0 Å². The molecule has 0 bridgehead atoms. The minimum atomic E-state index is -0.567. The zero-order chi connectivity index (χ0) is 20.5. The number of likely N-dealkylation sites (N-methyl/N-ethyl adjacent to an activating group) is 1. The third-order valence-electron chi connectivity index (χ3n) is 5.63. The lowest BCUT2D eigenvalue weighted by Gasteiger charge is -2.29. The number of aliphatic hydroxyl groups excluding tert-OH is 1. The van der Waals surface area contributed by atoms with Crippen molar-refractivity contribution in [3.8, 4) is 0 Å². The van der Waals surface area contributed by atoms with Gasteiger partial charge in [-0.05, 0) is 28.8 Å². The summed E-state index contributed by atoms with van der Waals surface area (Å²) < 4.78 is 0. The van der Waals surface area contributed by atoms with E-state index in [1.807, 2.05) is 54.5 Å². The van der Waals surface area contributed by atoms with E-state index in [4.69, 9.17) is 5.73 Å². The molecule has 7 heteroatoms. The highest BCUT2D eigenvalue weighted by Gasteiger charge is 2.40.